The van der Waals surface area contributed by atoms with E-state index >= 15 is 0 Å². The predicted octanol–water partition coefficient (Wildman–Crippen LogP) is 0.966. The Morgan fingerprint density at radius 1 is 1.02 bits per heavy atom. The minimum absolute atomic E-state index is 0.00471. The van der Waals surface area contributed by atoms with Gasteiger partial charge >= 0.3 is 11.9 Å². The van der Waals surface area contributed by atoms with Crippen molar-refractivity contribution in [2.75, 3.05) is 79.3 Å². The second kappa shape index (κ2) is 13.1. The van der Waals surface area contributed by atoms with Gasteiger partial charge in [0.25, 0.3) is 0 Å². The number of Topliss-reactive ketones (excluding diaryl/α,β-unsaturated/α-hetero) is 2. The summed E-state index contributed by atoms with van der Waals surface area (Å²) in [5.41, 5.74) is -0.904. The van der Waals surface area contributed by atoms with Crippen LogP contribution in [0, 0.1) is 22.7 Å². The lowest BCUT2D eigenvalue weighted by Crippen LogP contribution is -2.63. The first-order chi connectivity index (χ1) is 22.0. The number of allylic oxidation sites excluding steroid dienone is 1. The van der Waals surface area contributed by atoms with E-state index < -0.39 is 58.6 Å². The summed E-state index contributed by atoms with van der Waals surface area (Å²) < 4.78 is 22.9. The Morgan fingerprint density at radius 2 is 1.70 bits per heavy atom. The highest BCUT2D eigenvalue weighted by Crippen LogP contribution is 2.63. The van der Waals surface area contributed by atoms with Crippen LogP contribution in [0.15, 0.2) is 22.9 Å². The molecule has 3 aliphatic heterocycles. The number of methoxy groups -OCH3 is 1. The Labute approximate surface area is 271 Å². The van der Waals surface area contributed by atoms with E-state index in [0.717, 1.165) is 58.9 Å². The zero-order valence-electron chi connectivity index (χ0n) is 27.6. The number of carbonyl (C=O) groups excluding carboxylic acids is 4. The third-order valence-electron chi connectivity index (χ3n) is 11.7. The van der Waals surface area contributed by atoms with Crippen LogP contribution in [-0.4, -0.2) is 141 Å². The topological polar surface area (TPSA) is 135 Å². The van der Waals surface area contributed by atoms with Crippen molar-refractivity contribution in [1.29, 1.82) is 0 Å². The number of esters is 2. The average Bonchev–Trinajstić information content (AvgIpc) is 3.32. The SMILES string of the molecule is COCC1OC(=O)C(=CN2CCN(CCCN3CCOCC3)CC2)C2C(=O)C(=O)C3=C(C(OC(C)=O)CC4(C)C(O)CCC34)C12C. The molecule has 0 aromatic carbocycles. The van der Waals surface area contributed by atoms with Crippen molar-refractivity contribution >= 4 is 23.5 Å². The van der Waals surface area contributed by atoms with Gasteiger partial charge in [0.2, 0.25) is 11.6 Å². The highest BCUT2D eigenvalue weighted by molar-refractivity contribution is 6.47. The predicted molar refractivity (Wildman–Crippen MR) is 165 cm³/mol. The number of aliphatic hydroxyl groups excluding tert-OH is 1. The van der Waals surface area contributed by atoms with E-state index in [9.17, 15) is 24.3 Å². The average molecular weight is 644 g/mol. The third-order valence-corrected chi connectivity index (χ3v) is 11.7. The number of hydrogen-bond donors (Lipinski definition) is 1. The molecule has 6 rings (SSSR count). The number of aliphatic hydroxyl groups is 1. The van der Waals surface area contributed by atoms with Crippen molar-refractivity contribution in [1.82, 2.24) is 14.7 Å². The van der Waals surface area contributed by atoms with Gasteiger partial charge in [0.1, 0.15) is 12.2 Å². The molecule has 1 N–H and O–H groups in total. The molecule has 6 aliphatic rings. The van der Waals surface area contributed by atoms with Gasteiger partial charge in [-0.15, -0.1) is 0 Å². The van der Waals surface area contributed by atoms with Crippen LogP contribution in [0.3, 0.4) is 0 Å². The van der Waals surface area contributed by atoms with Crippen molar-refractivity contribution in [3.63, 3.8) is 0 Å². The Morgan fingerprint density at radius 3 is 2.35 bits per heavy atom. The molecule has 0 amide bonds. The molecule has 3 aliphatic carbocycles. The number of ketones is 2. The summed E-state index contributed by atoms with van der Waals surface area (Å²) in [6.45, 7) is 13.6. The first-order valence-electron chi connectivity index (χ1n) is 16.9. The third kappa shape index (κ3) is 5.74. The van der Waals surface area contributed by atoms with Gasteiger partial charge in [-0.2, -0.15) is 0 Å². The fourth-order valence-corrected chi connectivity index (χ4v) is 9.14. The van der Waals surface area contributed by atoms with E-state index in [1.807, 2.05) is 18.7 Å². The molecule has 12 heteroatoms. The number of morpholine rings is 1. The van der Waals surface area contributed by atoms with Gasteiger partial charge in [0, 0.05) is 75.9 Å². The van der Waals surface area contributed by atoms with Crippen molar-refractivity contribution in [3.05, 3.63) is 22.9 Å². The van der Waals surface area contributed by atoms with E-state index in [0.29, 0.717) is 43.5 Å². The molecule has 0 spiro atoms. The standard InChI is InChI=1S/C34H49N3O9/c1-21(38)45-24-18-33(2)23(6-7-25(33)39)27-29(24)34(3)26(20-43-4)46-32(42)22(28(34)31(41)30(27)40)19-37-12-10-35(11-13-37)8-5-9-36-14-16-44-17-15-36/h19,23-26,28,39H,5-18,20H2,1-4H3. The Balaban J connectivity index is 1.29. The summed E-state index contributed by atoms with van der Waals surface area (Å²) in [6.07, 6.45) is 1.68. The molecule has 12 nitrogen and oxygen atoms in total. The monoisotopic (exact) mass is 643 g/mol. The number of carbonyl (C=O) groups is 4. The summed E-state index contributed by atoms with van der Waals surface area (Å²) in [7, 11) is 1.50. The van der Waals surface area contributed by atoms with Crippen molar-refractivity contribution < 1.29 is 43.2 Å². The number of ether oxygens (including phenoxy) is 4. The quantitative estimate of drug-likeness (QED) is 0.229. The molecule has 4 fully saturated rings. The van der Waals surface area contributed by atoms with Crippen molar-refractivity contribution in [3.8, 4) is 0 Å². The summed E-state index contributed by atoms with van der Waals surface area (Å²) in [5, 5.41) is 11.0. The van der Waals surface area contributed by atoms with Gasteiger partial charge in [-0.3, -0.25) is 24.2 Å². The normalized spacial score (nSPS) is 38.0. The summed E-state index contributed by atoms with van der Waals surface area (Å²) in [4.78, 5) is 61.5. The lowest BCUT2D eigenvalue weighted by atomic mass is 9.50. The first-order valence-corrected chi connectivity index (χ1v) is 16.9. The lowest BCUT2D eigenvalue weighted by Gasteiger charge is -2.56. The molecule has 3 heterocycles. The first kappa shape index (κ1) is 33.3. The van der Waals surface area contributed by atoms with Crippen LogP contribution in [0.1, 0.15) is 46.5 Å². The Bertz CT molecular complexity index is 1300. The van der Waals surface area contributed by atoms with Crippen molar-refractivity contribution in [2.24, 2.45) is 22.7 Å². The van der Waals surface area contributed by atoms with Gasteiger partial charge in [-0.05, 0) is 50.3 Å². The maximum Gasteiger partial charge on any atom is 0.336 e. The molecule has 254 valence electrons. The molecule has 0 radical (unpaired) electrons. The fourth-order valence-electron chi connectivity index (χ4n) is 9.14. The molecule has 1 saturated carbocycles. The van der Waals surface area contributed by atoms with E-state index in [1.165, 1.54) is 14.0 Å². The maximum atomic E-state index is 14.3. The number of cyclic esters (lactones) is 1. The van der Waals surface area contributed by atoms with Crippen LogP contribution in [-0.2, 0) is 38.1 Å². The smallest absolute Gasteiger partial charge is 0.336 e. The number of nitrogens with zero attached hydrogens (tertiary/aromatic N) is 3. The molecular formula is C34H49N3O9. The molecule has 0 aromatic heterocycles. The van der Waals surface area contributed by atoms with E-state index in [4.69, 9.17) is 18.9 Å². The molecule has 7 unspecified atom stereocenters. The molecular weight excluding hydrogens is 594 g/mol. The molecule has 46 heavy (non-hydrogen) atoms. The van der Waals surface area contributed by atoms with Crippen LogP contribution in [0.2, 0.25) is 0 Å². The van der Waals surface area contributed by atoms with Gasteiger partial charge < -0.3 is 29.0 Å². The molecule has 7 atom stereocenters. The van der Waals surface area contributed by atoms with Crippen LogP contribution >= 0.6 is 0 Å². The van der Waals surface area contributed by atoms with Crippen LogP contribution in [0.25, 0.3) is 0 Å². The van der Waals surface area contributed by atoms with Crippen LogP contribution < -0.4 is 0 Å². The summed E-state index contributed by atoms with van der Waals surface area (Å²) in [5.74, 6) is -3.95. The summed E-state index contributed by atoms with van der Waals surface area (Å²) >= 11 is 0. The second-order valence-electron chi connectivity index (χ2n) is 14.3. The number of hydrogen-bond acceptors (Lipinski definition) is 12. The van der Waals surface area contributed by atoms with E-state index in [-0.39, 0.29) is 18.1 Å². The second-order valence-corrected chi connectivity index (χ2v) is 14.3. The van der Waals surface area contributed by atoms with Crippen molar-refractivity contribution in [2.45, 2.75) is 64.8 Å². The largest absolute Gasteiger partial charge is 0.458 e. The maximum absolute atomic E-state index is 14.3. The molecule has 3 saturated heterocycles. The van der Waals surface area contributed by atoms with Gasteiger partial charge in [-0.1, -0.05) is 13.8 Å². The van der Waals surface area contributed by atoms with E-state index in [2.05, 4.69) is 9.80 Å². The van der Waals surface area contributed by atoms with Crippen LogP contribution in [0.5, 0.6) is 0 Å². The molecule has 0 aromatic rings. The van der Waals surface area contributed by atoms with E-state index in [1.54, 1.807) is 6.20 Å². The number of rotatable bonds is 8. The minimum Gasteiger partial charge on any atom is -0.458 e. The Kier molecular flexibility index (Phi) is 9.48. The molecule has 0 bridgehead atoms. The number of fused-ring (bicyclic) bond motifs is 4. The minimum atomic E-state index is -1.19. The number of piperazine rings is 1. The highest BCUT2D eigenvalue weighted by atomic mass is 16.6. The zero-order chi connectivity index (χ0) is 32.8. The lowest BCUT2D eigenvalue weighted by molar-refractivity contribution is -0.175. The van der Waals surface area contributed by atoms with Gasteiger partial charge in [0.05, 0.1) is 37.4 Å². The zero-order valence-corrected chi connectivity index (χ0v) is 27.6. The summed E-state index contributed by atoms with van der Waals surface area (Å²) in [6, 6.07) is 0. The highest BCUT2D eigenvalue weighted by Gasteiger charge is 2.67. The van der Waals surface area contributed by atoms with Gasteiger partial charge in [-0.25, -0.2) is 4.79 Å². The van der Waals surface area contributed by atoms with Crippen LogP contribution in [0.4, 0.5) is 0 Å². The fraction of sp³-hybridized carbons (Fsp3) is 0.765. The Hall–Kier alpha value is -2.64. The van der Waals surface area contributed by atoms with Gasteiger partial charge in [0.15, 0.2) is 0 Å².